The Morgan fingerprint density at radius 3 is 2.85 bits per heavy atom. The van der Waals surface area contributed by atoms with Crippen LogP contribution < -0.4 is 10.6 Å². The molecule has 0 aromatic heterocycles. The molecule has 2 rings (SSSR count). The smallest absolute Gasteiger partial charge is 0.224 e. The van der Waals surface area contributed by atoms with Crippen molar-refractivity contribution in [1.29, 1.82) is 0 Å². The first-order valence-corrected chi connectivity index (χ1v) is 10.1. The van der Waals surface area contributed by atoms with Crippen LogP contribution >= 0.6 is 0 Å². The number of nitrogens with one attached hydrogen (secondary N) is 2. The van der Waals surface area contributed by atoms with Gasteiger partial charge in [-0.05, 0) is 69.7 Å². The summed E-state index contributed by atoms with van der Waals surface area (Å²) >= 11 is 0. The maximum absolute atomic E-state index is 13.2. The fraction of sp³-hybridized carbons (Fsp3) is 0.619. The quantitative estimate of drug-likeness (QED) is 0.568. The Morgan fingerprint density at radius 2 is 2.15 bits per heavy atom. The first-order valence-electron chi connectivity index (χ1n) is 10.1. The van der Waals surface area contributed by atoms with Crippen LogP contribution in [0.15, 0.2) is 23.2 Å². The zero-order valence-electron chi connectivity index (χ0n) is 16.9. The van der Waals surface area contributed by atoms with Gasteiger partial charge in [0.15, 0.2) is 5.96 Å². The van der Waals surface area contributed by atoms with Crippen LogP contribution in [-0.4, -0.2) is 49.0 Å². The van der Waals surface area contributed by atoms with Crippen molar-refractivity contribution in [1.82, 2.24) is 15.5 Å². The van der Waals surface area contributed by atoms with E-state index in [1.54, 1.807) is 6.07 Å². The summed E-state index contributed by atoms with van der Waals surface area (Å²) in [7, 11) is 0. The summed E-state index contributed by atoms with van der Waals surface area (Å²) in [4.78, 5) is 18.9. The minimum absolute atomic E-state index is 0.198. The van der Waals surface area contributed by atoms with E-state index >= 15 is 0 Å². The molecule has 1 atom stereocenters. The number of carbonyl (C=O) groups excluding carboxylic acids is 1. The monoisotopic (exact) mass is 376 g/mol. The highest BCUT2D eigenvalue weighted by molar-refractivity contribution is 5.81. The molecule has 0 spiro atoms. The molecule has 0 aliphatic carbocycles. The van der Waals surface area contributed by atoms with Crippen molar-refractivity contribution in [3.8, 4) is 0 Å². The SMILES string of the molecule is CCNC(=NCCC(=O)N1CCCCC1C)NCCc1ccc(F)cc1C. The topological polar surface area (TPSA) is 56.7 Å². The second-order valence-electron chi connectivity index (χ2n) is 7.19. The number of benzene rings is 1. The van der Waals surface area contributed by atoms with Crippen LogP contribution in [0.4, 0.5) is 4.39 Å². The molecule has 0 radical (unpaired) electrons. The number of piperidine rings is 1. The molecule has 1 unspecified atom stereocenters. The molecule has 1 aliphatic rings. The van der Waals surface area contributed by atoms with E-state index in [2.05, 4.69) is 22.5 Å². The molecule has 1 heterocycles. The van der Waals surface area contributed by atoms with Gasteiger partial charge in [0.2, 0.25) is 5.91 Å². The Bertz CT molecular complexity index is 647. The summed E-state index contributed by atoms with van der Waals surface area (Å²) in [6, 6.07) is 5.23. The number of likely N-dealkylation sites (tertiary alicyclic amines) is 1. The third-order valence-corrected chi connectivity index (χ3v) is 5.05. The summed E-state index contributed by atoms with van der Waals surface area (Å²) < 4.78 is 13.2. The van der Waals surface area contributed by atoms with Crippen molar-refractivity contribution >= 4 is 11.9 Å². The Labute approximate surface area is 162 Å². The second kappa shape index (κ2) is 10.9. The molecule has 150 valence electrons. The number of hydrogen-bond donors (Lipinski definition) is 2. The predicted octanol–water partition coefficient (Wildman–Crippen LogP) is 3.02. The first kappa shape index (κ1) is 21.2. The maximum atomic E-state index is 13.2. The van der Waals surface area contributed by atoms with E-state index in [1.165, 1.54) is 12.5 Å². The van der Waals surface area contributed by atoms with Gasteiger partial charge in [-0.1, -0.05) is 6.07 Å². The molecule has 1 aliphatic heterocycles. The van der Waals surface area contributed by atoms with E-state index in [9.17, 15) is 9.18 Å². The number of rotatable bonds is 7. The van der Waals surface area contributed by atoms with Gasteiger partial charge in [-0.3, -0.25) is 9.79 Å². The Hall–Kier alpha value is -2.11. The van der Waals surface area contributed by atoms with Gasteiger partial charge >= 0.3 is 0 Å². The molecule has 0 bridgehead atoms. The van der Waals surface area contributed by atoms with E-state index in [-0.39, 0.29) is 11.7 Å². The molecule has 1 saturated heterocycles. The number of carbonyl (C=O) groups is 1. The highest BCUT2D eigenvalue weighted by Crippen LogP contribution is 2.17. The van der Waals surface area contributed by atoms with E-state index in [0.29, 0.717) is 25.6 Å². The molecule has 2 N–H and O–H groups in total. The Balaban J connectivity index is 1.80. The lowest BCUT2D eigenvalue weighted by atomic mass is 10.0. The number of nitrogens with zero attached hydrogens (tertiary/aromatic N) is 2. The zero-order chi connectivity index (χ0) is 19.6. The van der Waals surface area contributed by atoms with E-state index in [1.807, 2.05) is 24.8 Å². The molecular weight excluding hydrogens is 343 g/mol. The van der Waals surface area contributed by atoms with Gasteiger partial charge in [0, 0.05) is 32.1 Å². The van der Waals surface area contributed by atoms with Crippen molar-refractivity contribution < 1.29 is 9.18 Å². The van der Waals surface area contributed by atoms with Gasteiger partial charge < -0.3 is 15.5 Å². The van der Waals surface area contributed by atoms with Crippen LogP contribution in [0.5, 0.6) is 0 Å². The van der Waals surface area contributed by atoms with Crippen molar-refractivity contribution in [2.75, 3.05) is 26.2 Å². The molecule has 6 heteroatoms. The van der Waals surface area contributed by atoms with Crippen LogP contribution in [0, 0.1) is 12.7 Å². The number of guanidine groups is 1. The highest BCUT2D eigenvalue weighted by atomic mass is 19.1. The Kier molecular flexibility index (Phi) is 8.55. The van der Waals surface area contributed by atoms with Gasteiger partial charge in [0.1, 0.15) is 5.82 Å². The molecule has 1 aromatic rings. The lowest BCUT2D eigenvalue weighted by Gasteiger charge is -2.33. The zero-order valence-corrected chi connectivity index (χ0v) is 16.9. The van der Waals surface area contributed by atoms with Gasteiger partial charge in [0.25, 0.3) is 0 Å². The summed E-state index contributed by atoms with van der Waals surface area (Å²) in [6.07, 6.45) is 4.65. The molecular formula is C21H33FN4O. The minimum Gasteiger partial charge on any atom is -0.357 e. The third kappa shape index (κ3) is 6.85. The number of amides is 1. The summed E-state index contributed by atoms with van der Waals surface area (Å²) in [6.45, 7) is 8.89. The molecule has 1 fully saturated rings. The van der Waals surface area contributed by atoms with Gasteiger partial charge in [-0.2, -0.15) is 0 Å². The molecule has 0 saturated carbocycles. The summed E-state index contributed by atoms with van der Waals surface area (Å²) in [5.41, 5.74) is 2.08. The predicted molar refractivity (Wildman–Crippen MR) is 108 cm³/mol. The van der Waals surface area contributed by atoms with Gasteiger partial charge in [-0.15, -0.1) is 0 Å². The normalized spacial score (nSPS) is 17.7. The molecule has 1 aromatic carbocycles. The van der Waals surface area contributed by atoms with E-state index < -0.39 is 0 Å². The molecule has 5 nitrogen and oxygen atoms in total. The Morgan fingerprint density at radius 1 is 1.33 bits per heavy atom. The lowest BCUT2D eigenvalue weighted by Crippen LogP contribution is -2.42. The fourth-order valence-corrected chi connectivity index (χ4v) is 3.47. The largest absolute Gasteiger partial charge is 0.357 e. The molecule has 27 heavy (non-hydrogen) atoms. The van der Waals surface area contributed by atoms with Crippen LogP contribution in [0.2, 0.25) is 0 Å². The van der Waals surface area contributed by atoms with Crippen molar-refractivity contribution in [3.05, 3.63) is 35.1 Å². The van der Waals surface area contributed by atoms with Crippen molar-refractivity contribution in [2.24, 2.45) is 4.99 Å². The van der Waals surface area contributed by atoms with Crippen LogP contribution in [0.3, 0.4) is 0 Å². The summed E-state index contributed by atoms with van der Waals surface area (Å²) in [5, 5.41) is 6.50. The lowest BCUT2D eigenvalue weighted by molar-refractivity contribution is -0.134. The second-order valence-corrected chi connectivity index (χ2v) is 7.19. The van der Waals surface area contributed by atoms with E-state index in [4.69, 9.17) is 0 Å². The number of halogens is 1. The molecule has 1 amide bonds. The van der Waals surface area contributed by atoms with Gasteiger partial charge in [0.05, 0.1) is 6.54 Å². The number of hydrogen-bond acceptors (Lipinski definition) is 2. The van der Waals surface area contributed by atoms with Crippen molar-refractivity contribution in [3.63, 3.8) is 0 Å². The number of aryl methyl sites for hydroxylation is 1. The van der Waals surface area contributed by atoms with Crippen LogP contribution in [0.1, 0.15) is 50.7 Å². The average Bonchev–Trinajstić information content (AvgIpc) is 2.63. The third-order valence-electron chi connectivity index (χ3n) is 5.05. The van der Waals surface area contributed by atoms with Gasteiger partial charge in [-0.25, -0.2) is 4.39 Å². The van der Waals surface area contributed by atoms with E-state index in [0.717, 1.165) is 49.4 Å². The number of aliphatic imine (C=N–C) groups is 1. The first-order chi connectivity index (χ1) is 13.0. The fourth-order valence-electron chi connectivity index (χ4n) is 3.47. The van der Waals surface area contributed by atoms with Crippen LogP contribution in [0.25, 0.3) is 0 Å². The van der Waals surface area contributed by atoms with Crippen LogP contribution in [-0.2, 0) is 11.2 Å². The highest BCUT2D eigenvalue weighted by Gasteiger charge is 2.22. The summed E-state index contributed by atoms with van der Waals surface area (Å²) in [5.74, 6) is 0.715. The minimum atomic E-state index is -0.202. The average molecular weight is 377 g/mol. The standard InChI is InChI=1S/C21H33FN4O/c1-4-23-21(24-12-10-18-8-9-19(22)15-16(18)2)25-13-11-20(27)26-14-6-5-7-17(26)3/h8-9,15,17H,4-7,10-14H2,1-3H3,(H2,23,24,25). The van der Waals surface area contributed by atoms with Crippen molar-refractivity contribution in [2.45, 2.75) is 58.9 Å². The maximum Gasteiger partial charge on any atom is 0.224 e.